The van der Waals surface area contributed by atoms with Crippen LogP contribution >= 0.6 is 11.6 Å². The molecule has 0 unspecified atom stereocenters. The lowest BCUT2D eigenvalue weighted by Crippen LogP contribution is -2.37. The van der Waals surface area contributed by atoms with Crippen molar-refractivity contribution in [1.82, 2.24) is 4.90 Å². The van der Waals surface area contributed by atoms with Crippen molar-refractivity contribution in [1.29, 1.82) is 0 Å². The van der Waals surface area contributed by atoms with Crippen LogP contribution < -0.4 is 4.90 Å². The van der Waals surface area contributed by atoms with Gasteiger partial charge >= 0.3 is 0 Å². The second-order valence-electron chi connectivity index (χ2n) is 5.12. The van der Waals surface area contributed by atoms with Crippen molar-refractivity contribution in [2.45, 2.75) is 12.8 Å². The number of likely N-dealkylation sites (tertiary alicyclic amines) is 1. The first kappa shape index (κ1) is 13.5. The largest absolute Gasteiger partial charge is 0.303 e. The second-order valence-corrected chi connectivity index (χ2v) is 5.53. The van der Waals surface area contributed by atoms with Gasteiger partial charge in [-0.25, -0.2) is 4.39 Å². The summed E-state index contributed by atoms with van der Waals surface area (Å²) in [6, 6.07) is 2.41. The van der Waals surface area contributed by atoms with Gasteiger partial charge in [0.2, 0.25) is 0 Å². The normalized spacial score (nSPS) is 19.0. The number of nitrogens with zero attached hydrogens (tertiary/aromatic N) is 2. The summed E-state index contributed by atoms with van der Waals surface area (Å²) in [5.41, 5.74) is 0.531. The van der Waals surface area contributed by atoms with Crippen LogP contribution in [0.3, 0.4) is 0 Å². The fourth-order valence-corrected chi connectivity index (χ4v) is 2.92. The van der Waals surface area contributed by atoms with E-state index in [1.807, 2.05) is 0 Å². The van der Waals surface area contributed by atoms with Gasteiger partial charge in [0, 0.05) is 13.1 Å². The number of fused-ring (bicyclic) bond motifs is 1. The van der Waals surface area contributed by atoms with E-state index in [1.165, 1.54) is 17.0 Å². The first-order chi connectivity index (χ1) is 9.58. The second kappa shape index (κ2) is 5.14. The highest BCUT2D eigenvalue weighted by Crippen LogP contribution is 2.33. The zero-order chi connectivity index (χ0) is 14.3. The zero-order valence-corrected chi connectivity index (χ0v) is 11.6. The van der Waals surface area contributed by atoms with Gasteiger partial charge in [-0.15, -0.1) is 0 Å². The third-order valence-corrected chi connectivity index (χ3v) is 4.14. The lowest BCUT2D eigenvalue weighted by atomic mass is 10.1. The number of hydrogen-bond acceptors (Lipinski definition) is 3. The molecule has 0 aliphatic carbocycles. The van der Waals surface area contributed by atoms with E-state index in [0.29, 0.717) is 18.8 Å². The summed E-state index contributed by atoms with van der Waals surface area (Å²) >= 11 is 5.67. The molecule has 1 saturated heterocycles. The average molecular weight is 297 g/mol. The van der Waals surface area contributed by atoms with Crippen LogP contribution in [0.1, 0.15) is 23.2 Å². The van der Waals surface area contributed by atoms with E-state index in [9.17, 15) is 14.0 Å². The first-order valence-electron chi connectivity index (χ1n) is 6.65. The van der Waals surface area contributed by atoms with Gasteiger partial charge in [-0.1, -0.05) is 11.6 Å². The SMILES string of the molecule is O=C1C(=O)N(CCN2CCCC2)c2cc(F)c(Cl)cc21. The Morgan fingerprint density at radius 1 is 1.15 bits per heavy atom. The summed E-state index contributed by atoms with van der Waals surface area (Å²) in [6.07, 6.45) is 2.32. The molecule has 20 heavy (non-hydrogen) atoms. The molecular weight excluding hydrogens is 283 g/mol. The van der Waals surface area contributed by atoms with Crippen molar-refractivity contribution in [2.75, 3.05) is 31.1 Å². The Balaban J connectivity index is 1.83. The summed E-state index contributed by atoms with van der Waals surface area (Å²) in [4.78, 5) is 27.5. The topological polar surface area (TPSA) is 40.6 Å². The summed E-state index contributed by atoms with van der Waals surface area (Å²) in [5.74, 6) is -1.82. The number of carbonyl (C=O) groups excluding carboxylic acids is 2. The van der Waals surface area contributed by atoms with E-state index in [0.717, 1.165) is 25.9 Å². The van der Waals surface area contributed by atoms with E-state index in [2.05, 4.69) is 4.90 Å². The van der Waals surface area contributed by atoms with Crippen molar-refractivity contribution in [3.63, 3.8) is 0 Å². The monoisotopic (exact) mass is 296 g/mol. The van der Waals surface area contributed by atoms with Gasteiger partial charge in [0.05, 0.1) is 16.3 Å². The fraction of sp³-hybridized carbons (Fsp3) is 0.429. The molecule has 1 amide bonds. The van der Waals surface area contributed by atoms with E-state index < -0.39 is 17.5 Å². The van der Waals surface area contributed by atoms with E-state index in [4.69, 9.17) is 11.6 Å². The van der Waals surface area contributed by atoms with Crippen molar-refractivity contribution in [2.24, 2.45) is 0 Å². The molecule has 1 fully saturated rings. The lowest BCUT2D eigenvalue weighted by molar-refractivity contribution is -0.114. The van der Waals surface area contributed by atoms with Crippen molar-refractivity contribution < 1.29 is 14.0 Å². The Bertz CT molecular complexity index is 585. The highest BCUT2D eigenvalue weighted by molar-refractivity contribution is 6.52. The highest BCUT2D eigenvalue weighted by atomic mass is 35.5. The van der Waals surface area contributed by atoms with Crippen LogP contribution in [-0.4, -0.2) is 42.8 Å². The molecule has 2 heterocycles. The summed E-state index contributed by atoms with van der Waals surface area (Å²) < 4.78 is 13.6. The number of benzene rings is 1. The number of Topliss-reactive ketones (excluding diaryl/α,β-unsaturated/α-hetero) is 1. The summed E-state index contributed by atoms with van der Waals surface area (Å²) in [7, 11) is 0. The Morgan fingerprint density at radius 2 is 1.85 bits per heavy atom. The third kappa shape index (κ3) is 2.21. The molecule has 0 saturated carbocycles. The predicted octanol–water partition coefficient (Wildman–Crippen LogP) is 2.10. The minimum absolute atomic E-state index is 0.133. The maximum atomic E-state index is 13.6. The van der Waals surface area contributed by atoms with Crippen LogP contribution in [0, 0.1) is 5.82 Å². The summed E-state index contributed by atoms with van der Waals surface area (Å²) in [6.45, 7) is 3.12. The minimum Gasteiger partial charge on any atom is -0.303 e. The number of ketones is 1. The van der Waals surface area contributed by atoms with Gasteiger partial charge in [-0.2, -0.15) is 0 Å². The number of carbonyl (C=O) groups is 2. The minimum atomic E-state index is -0.612. The number of amides is 1. The standard InChI is InChI=1S/C14H14ClFN2O2/c15-10-7-9-12(8-11(10)16)18(14(20)13(9)19)6-5-17-3-1-2-4-17/h7-8H,1-6H2. The molecule has 3 rings (SSSR count). The third-order valence-electron chi connectivity index (χ3n) is 3.85. The van der Waals surface area contributed by atoms with E-state index >= 15 is 0 Å². The number of rotatable bonds is 3. The van der Waals surface area contributed by atoms with Gasteiger partial charge in [0.15, 0.2) is 0 Å². The maximum absolute atomic E-state index is 13.6. The molecule has 2 aliphatic heterocycles. The molecule has 0 spiro atoms. The number of halogens is 2. The van der Waals surface area contributed by atoms with Gasteiger partial charge in [-0.3, -0.25) is 9.59 Å². The van der Waals surface area contributed by atoms with Crippen LogP contribution in [0.2, 0.25) is 5.02 Å². The molecule has 6 heteroatoms. The molecule has 1 aromatic rings. The van der Waals surface area contributed by atoms with Crippen LogP contribution in [0.4, 0.5) is 10.1 Å². The molecule has 0 N–H and O–H groups in total. The number of anilines is 1. The van der Waals surface area contributed by atoms with E-state index in [-0.39, 0.29) is 10.6 Å². The first-order valence-corrected chi connectivity index (χ1v) is 7.03. The van der Waals surface area contributed by atoms with Crippen molar-refractivity contribution >= 4 is 29.0 Å². The van der Waals surface area contributed by atoms with Crippen molar-refractivity contribution in [3.8, 4) is 0 Å². The van der Waals surface area contributed by atoms with Crippen LogP contribution in [0.15, 0.2) is 12.1 Å². The average Bonchev–Trinajstić information content (AvgIpc) is 3.00. The number of hydrogen-bond donors (Lipinski definition) is 0. The molecule has 0 bridgehead atoms. The Kier molecular flexibility index (Phi) is 3.48. The molecule has 0 radical (unpaired) electrons. The summed E-state index contributed by atoms with van der Waals surface area (Å²) in [5, 5.41) is -0.133. The predicted molar refractivity (Wildman–Crippen MR) is 73.8 cm³/mol. The molecule has 2 aliphatic rings. The Morgan fingerprint density at radius 3 is 2.55 bits per heavy atom. The van der Waals surface area contributed by atoms with Crippen molar-refractivity contribution in [3.05, 3.63) is 28.5 Å². The Labute approximate surface area is 121 Å². The molecule has 0 atom stereocenters. The lowest BCUT2D eigenvalue weighted by Gasteiger charge is -2.21. The molecule has 1 aromatic carbocycles. The zero-order valence-electron chi connectivity index (χ0n) is 10.9. The fourth-order valence-electron chi connectivity index (χ4n) is 2.76. The van der Waals surface area contributed by atoms with Gasteiger partial charge in [0.1, 0.15) is 5.82 Å². The smallest absolute Gasteiger partial charge is 0.299 e. The van der Waals surface area contributed by atoms with Crippen LogP contribution in [0.5, 0.6) is 0 Å². The molecular formula is C14H14ClFN2O2. The Hall–Kier alpha value is -1.46. The quantitative estimate of drug-likeness (QED) is 0.802. The van der Waals surface area contributed by atoms with Gasteiger partial charge in [-0.05, 0) is 38.1 Å². The van der Waals surface area contributed by atoms with Gasteiger partial charge < -0.3 is 9.80 Å². The molecule has 106 valence electrons. The highest BCUT2D eigenvalue weighted by Gasteiger charge is 2.36. The molecule has 0 aromatic heterocycles. The van der Waals surface area contributed by atoms with Crippen LogP contribution in [-0.2, 0) is 4.79 Å². The van der Waals surface area contributed by atoms with Crippen LogP contribution in [0.25, 0.3) is 0 Å². The van der Waals surface area contributed by atoms with Gasteiger partial charge in [0.25, 0.3) is 11.7 Å². The van der Waals surface area contributed by atoms with E-state index in [1.54, 1.807) is 0 Å². The molecule has 4 nitrogen and oxygen atoms in total. The maximum Gasteiger partial charge on any atom is 0.299 e.